The summed E-state index contributed by atoms with van der Waals surface area (Å²) in [6.07, 6.45) is 0. The molecule has 1 heterocycles. The molecule has 1 aliphatic heterocycles. The molecule has 0 aliphatic carbocycles. The Balaban J connectivity index is 1.56. The maximum Gasteiger partial charge on any atom is 0.238 e. The van der Waals surface area contributed by atoms with Crippen LogP contribution in [0.5, 0.6) is 17.2 Å². The third kappa shape index (κ3) is 4.67. The molecule has 2 aromatic carbocycles. The molecular weight excluding hydrogens is 332 g/mol. The van der Waals surface area contributed by atoms with Crippen LogP contribution >= 0.6 is 0 Å². The van der Waals surface area contributed by atoms with Crippen LogP contribution in [0.4, 0.5) is 5.69 Å². The summed E-state index contributed by atoms with van der Waals surface area (Å²) < 4.78 is 16.7. The van der Waals surface area contributed by atoms with E-state index in [1.807, 2.05) is 61.3 Å². The Hall–Kier alpha value is -2.73. The van der Waals surface area contributed by atoms with Crippen molar-refractivity contribution in [2.75, 3.05) is 38.7 Å². The van der Waals surface area contributed by atoms with Gasteiger partial charge in [0, 0.05) is 6.54 Å². The SMILES string of the molecule is CCOc1ccccc1NC(=O)CN(C)Cc1ccc2c(c1)OCCO2. The number of rotatable bonds is 7. The zero-order valence-corrected chi connectivity index (χ0v) is 15.2. The number of fused-ring (bicyclic) bond motifs is 1. The van der Waals surface area contributed by atoms with E-state index in [9.17, 15) is 4.79 Å². The molecule has 3 rings (SSSR count). The maximum atomic E-state index is 12.3. The molecule has 26 heavy (non-hydrogen) atoms. The van der Waals surface area contributed by atoms with Crippen molar-refractivity contribution in [3.63, 3.8) is 0 Å². The average Bonchev–Trinajstić information content (AvgIpc) is 2.63. The summed E-state index contributed by atoms with van der Waals surface area (Å²) in [6, 6.07) is 13.3. The van der Waals surface area contributed by atoms with Gasteiger partial charge in [-0.25, -0.2) is 0 Å². The highest BCUT2D eigenvalue weighted by Crippen LogP contribution is 2.31. The summed E-state index contributed by atoms with van der Waals surface area (Å²) in [7, 11) is 1.91. The fourth-order valence-corrected chi connectivity index (χ4v) is 2.84. The van der Waals surface area contributed by atoms with E-state index < -0.39 is 0 Å². The highest BCUT2D eigenvalue weighted by atomic mass is 16.6. The van der Waals surface area contributed by atoms with Gasteiger partial charge in [-0.05, 0) is 43.8 Å². The molecule has 0 spiro atoms. The smallest absolute Gasteiger partial charge is 0.238 e. The Kier molecular flexibility index (Phi) is 5.96. The number of amides is 1. The molecule has 0 fully saturated rings. The third-order valence-corrected chi connectivity index (χ3v) is 3.93. The summed E-state index contributed by atoms with van der Waals surface area (Å²) in [5.74, 6) is 2.13. The minimum absolute atomic E-state index is 0.0859. The molecule has 6 heteroatoms. The standard InChI is InChI=1S/C20H24N2O4/c1-3-24-17-7-5-4-6-16(17)21-20(23)14-22(2)13-15-8-9-18-19(12-15)26-11-10-25-18/h4-9,12H,3,10-11,13-14H2,1-2H3,(H,21,23). The Morgan fingerprint density at radius 3 is 2.73 bits per heavy atom. The van der Waals surface area contributed by atoms with Crippen molar-refractivity contribution in [1.82, 2.24) is 4.90 Å². The molecule has 0 saturated heterocycles. The average molecular weight is 356 g/mol. The maximum absolute atomic E-state index is 12.3. The van der Waals surface area contributed by atoms with Crippen LogP contribution in [0.1, 0.15) is 12.5 Å². The molecule has 0 unspecified atom stereocenters. The van der Waals surface area contributed by atoms with Crippen molar-refractivity contribution in [2.24, 2.45) is 0 Å². The lowest BCUT2D eigenvalue weighted by Gasteiger charge is -2.21. The number of benzene rings is 2. The van der Waals surface area contributed by atoms with Gasteiger partial charge in [0.15, 0.2) is 11.5 Å². The van der Waals surface area contributed by atoms with Crippen molar-refractivity contribution in [3.05, 3.63) is 48.0 Å². The number of hydrogen-bond acceptors (Lipinski definition) is 5. The molecule has 6 nitrogen and oxygen atoms in total. The lowest BCUT2D eigenvalue weighted by Crippen LogP contribution is -2.30. The molecule has 1 amide bonds. The van der Waals surface area contributed by atoms with Crippen LogP contribution in [0.2, 0.25) is 0 Å². The fraction of sp³-hybridized carbons (Fsp3) is 0.350. The molecule has 0 bridgehead atoms. The van der Waals surface area contributed by atoms with Crippen molar-refractivity contribution in [2.45, 2.75) is 13.5 Å². The van der Waals surface area contributed by atoms with E-state index in [0.717, 1.165) is 17.1 Å². The van der Waals surface area contributed by atoms with E-state index in [0.29, 0.717) is 37.8 Å². The van der Waals surface area contributed by atoms with E-state index in [4.69, 9.17) is 14.2 Å². The van der Waals surface area contributed by atoms with E-state index in [-0.39, 0.29) is 12.5 Å². The minimum atomic E-state index is -0.0859. The number of para-hydroxylation sites is 2. The number of carbonyl (C=O) groups excluding carboxylic acids is 1. The highest BCUT2D eigenvalue weighted by Gasteiger charge is 2.14. The van der Waals surface area contributed by atoms with Crippen LogP contribution in [-0.4, -0.2) is 44.2 Å². The summed E-state index contributed by atoms with van der Waals surface area (Å²) in [5.41, 5.74) is 1.76. The Morgan fingerprint density at radius 2 is 1.92 bits per heavy atom. The molecule has 0 radical (unpaired) electrons. The van der Waals surface area contributed by atoms with Crippen LogP contribution in [-0.2, 0) is 11.3 Å². The molecule has 1 N–H and O–H groups in total. The molecule has 0 atom stereocenters. The number of carbonyl (C=O) groups is 1. The number of anilines is 1. The van der Waals surface area contributed by atoms with Gasteiger partial charge in [-0.15, -0.1) is 0 Å². The summed E-state index contributed by atoms with van der Waals surface area (Å²) >= 11 is 0. The zero-order chi connectivity index (χ0) is 18.4. The van der Waals surface area contributed by atoms with Crippen LogP contribution in [0.15, 0.2) is 42.5 Å². The highest BCUT2D eigenvalue weighted by molar-refractivity contribution is 5.93. The first-order chi connectivity index (χ1) is 12.7. The van der Waals surface area contributed by atoms with Gasteiger partial charge in [0.2, 0.25) is 5.91 Å². The summed E-state index contributed by atoms with van der Waals surface area (Å²) in [6.45, 7) is 4.52. The van der Waals surface area contributed by atoms with Crippen molar-refractivity contribution in [1.29, 1.82) is 0 Å². The molecule has 2 aromatic rings. The zero-order valence-electron chi connectivity index (χ0n) is 15.2. The largest absolute Gasteiger partial charge is 0.492 e. The van der Waals surface area contributed by atoms with Gasteiger partial charge in [-0.2, -0.15) is 0 Å². The van der Waals surface area contributed by atoms with E-state index in [1.54, 1.807) is 0 Å². The molecule has 1 aliphatic rings. The van der Waals surface area contributed by atoms with Gasteiger partial charge < -0.3 is 19.5 Å². The van der Waals surface area contributed by atoms with Gasteiger partial charge in [-0.1, -0.05) is 18.2 Å². The van der Waals surface area contributed by atoms with Gasteiger partial charge in [0.25, 0.3) is 0 Å². The van der Waals surface area contributed by atoms with E-state index in [2.05, 4.69) is 5.32 Å². The van der Waals surface area contributed by atoms with Gasteiger partial charge in [0.1, 0.15) is 19.0 Å². The Morgan fingerprint density at radius 1 is 1.15 bits per heavy atom. The van der Waals surface area contributed by atoms with Gasteiger partial charge in [-0.3, -0.25) is 9.69 Å². The predicted octanol–water partition coefficient (Wildman–Crippen LogP) is 2.93. The Bertz CT molecular complexity index is 763. The number of hydrogen-bond donors (Lipinski definition) is 1. The van der Waals surface area contributed by atoms with E-state index >= 15 is 0 Å². The third-order valence-electron chi connectivity index (χ3n) is 3.93. The first-order valence-corrected chi connectivity index (χ1v) is 8.74. The molecular formula is C20H24N2O4. The van der Waals surface area contributed by atoms with E-state index in [1.165, 1.54) is 0 Å². The van der Waals surface area contributed by atoms with Crippen molar-refractivity contribution >= 4 is 11.6 Å². The molecule has 0 aromatic heterocycles. The van der Waals surface area contributed by atoms with Crippen LogP contribution in [0, 0.1) is 0 Å². The topological polar surface area (TPSA) is 60.0 Å². The molecule has 0 saturated carbocycles. The quantitative estimate of drug-likeness (QED) is 0.827. The lowest BCUT2D eigenvalue weighted by molar-refractivity contribution is -0.117. The number of ether oxygens (including phenoxy) is 3. The van der Waals surface area contributed by atoms with Crippen LogP contribution in [0.3, 0.4) is 0 Å². The number of likely N-dealkylation sites (N-methyl/N-ethyl adjacent to an activating group) is 1. The van der Waals surface area contributed by atoms with Gasteiger partial charge in [0.05, 0.1) is 18.8 Å². The normalized spacial score (nSPS) is 12.7. The lowest BCUT2D eigenvalue weighted by atomic mass is 10.2. The summed E-state index contributed by atoms with van der Waals surface area (Å²) in [5, 5.41) is 2.91. The first-order valence-electron chi connectivity index (χ1n) is 8.74. The van der Waals surface area contributed by atoms with Crippen molar-refractivity contribution in [3.8, 4) is 17.2 Å². The van der Waals surface area contributed by atoms with Crippen molar-refractivity contribution < 1.29 is 19.0 Å². The fourth-order valence-electron chi connectivity index (χ4n) is 2.84. The number of nitrogens with one attached hydrogen (secondary N) is 1. The second-order valence-electron chi connectivity index (χ2n) is 6.13. The minimum Gasteiger partial charge on any atom is -0.492 e. The Labute approximate surface area is 153 Å². The number of nitrogens with zero attached hydrogens (tertiary/aromatic N) is 1. The van der Waals surface area contributed by atoms with Crippen LogP contribution in [0.25, 0.3) is 0 Å². The van der Waals surface area contributed by atoms with Crippen LogP contribution < -0.4 is 19.5 Å². The monoisotopic (exact) mass is 356 g/mol. The second kappa shape index (κ2) is 8.58. The molecule has 138 valence electrons. The summed E-state index contributed by atoms with van der Waals surface area (Å²) in [4.78, 5) is 14.3. The second-order valence-corrected chi connectivity index (χ2v) is 6.13. The predicted molar refractivity (Wildman–Crippen MR) is 100 cm³/mol. The first kappa shape index (κ1) is 18.1. The van der Waals surface area contributed by atoms with Gasteiger partial charge >= 0.3 is 0 Å².